The van der Waals surface area contributed by atoms with Gasteiger partial charge >= 0.3 is 0 Å². The van der Waals surface area contributed by atoms with Crippen LogP contribution in [0.5, 0.6) is 5.75 Å². The molecule has 1 amide bonds. The molecule has 0 unspecified atom stereocenters. The minimum atomic E-state index is -0.234. The predicted molar refractivity (Wildman–Crippen MR) is 77.5 cm³/mol. The van der Waals surface area contributed by atoms with Crippen LogP contribution in [0.1, 0.15) is 28.7 Å². The lowest BCUT2D eigenvalue weighted by Gasteiger charge is -2.12. The van der Waals surface area contributed by atoms with Gasteiger partial charge in [-0.1, -0.05) is 0 Å². The van der Waals surface area contributed by atoms with E-state index in [0.29, 0.717) is 31.2 Å². The number of ether oxygens (including phenoxy) is 2. The van der Waals surface area contributed by atoms with Gasteiger partial charge in [0.05, 0.1) is 19.8 Å². The summed E-state index contributed by atoms with van der Waals surface area (Å²) in [4.78, 5) is 12.3. The molecule has 0 saturated carbocycles. The van der Waals surface area contributed by atoms with E-state index in [1.807, 2.05) is 19.1 Å². The Morgan fingerprint density at radius 2 is 2.24 bits per heavy atom. The summed E-state index contributed by atoms with van der Waals surface area (Å²) in [5.74, 6) is 0.545. The van der Waals surface area contributed by atoms with Crippen molar-refractivity contribution in [3.05, 3.63) is 41.2 Å². The maximum Gasteiger partial charge on any atom is 0.276 e. The first-order valence-electron chi connectivity index (χ1n) is 6.96. The molecule has 6 heteroatoms. The van der Waals surface area contributed by atoms with Crippen LogP contribution in [0.3, 0.4) is 0 Å². The Bertz CT molecular complexity index is 634. The van der Waals surface area contributed by atoms with Crippen LogP contribution in [-0.4, -0.2) is 29.3 Å². The van der Waals surface area contributed by atoms with Crippen LogP contribution in [0.25, 0.3) is 0 Å². The van der Waals surface area contributed by atoms with Crippen molar-refractivity contribution in [2.24, 2.45) is 0 Å². The first kappa shape index (κ1) is 13.6. The van der Waals surface area contributed by atoms with Crippen LogP contribution < -0.4 is 10.1 Å². The lowest BCUT2D eigenvalue weighted by Crippen LogP contribution is -2.17. The molecule has 0 aliphatic carbocycles. The van der Waals surface area contributed by atoms with Crippen molar-refractivity contribution in [3.8, 4) is 5.75 Å². The fourth-order valence-corrected chi connectivity index (χ4v) is 2.29. The lowest BCUT2D eigenvalue weighted by molar-refractivity contribution is 0.0985. The fraction of sp³-hybridized carbons (Fsp3) is 0.333. The molecule has 6 nitrogen and oxygen atoms in total. The van der Waals surface area contributed by atoms with Crippen LogP contribution in [0.4, 0.5) is 5.69 Å². The first-order chi connectivity index (χ1) is 10.3. The van der Waals surface area contributed by atoms with Crippen molar-refractivity contribution in [1.29, 1.82) is 0 Å². The van der Waals surface area contributed by atoms with Gasteiger partial charge in [0, 0.05) is 23.4 Å². The molecule has 1 aromatic carbocycles. The minimum Gasteiger partial charge on any atom is -0.494 e. The fourth-order valence-electron chi connectivity index (χ4n) is 2.29. The van der Waals surface area contributed by atoms with Gasteiger partial charge in [-0.15, -0.1) is 0 Å². The normalized spacial score (nSPS) is 13.6. The number of anilines is 1. The lowest BCUT2D eigenvalue weighted by atomic mass is 10.1. The van der Waals surface area contributed by atoms with Crippen LogP contribution in [0.15, 0.2) is 24.3 Å². The quantitative estimate of drug-likeness (QED) is 0.903. The number of aromatic nitrogens is 2. The van der Waals surface area contributed by atoms with E-state index in [1.165, 1.54) is 0 Å². The topological polar surface area (TPSA) is 76.2 Å². The van der Waals surface area contributed by atoms with Crippen molar-refractivity contribution in [3.63, 3.8) is 0 Å². The summed E-state index contributed by atoms with van der Waals surface area (Å²) in [6.07, 6.45) is 0.763. The zero-order valence-electron chi connectivity index (χ0n) is 11.8. The second kappa shape index (κ2) is 5.97. The van der Waals surface area contributed by atoms with Gasteiger partial charge in [-0.05, 0) is 31.2 Å². The van der Waals surface area contributed by atoms with Gasteiger partial charge in [0.25, 0.3) is 5.91 Å². The van der Waals surface area contributed by atoms with E-state index in [1.54, 1.807) is 12.1 Å². The standard InChI is InChI=1S/C15H17N3O3/c1-2-21-11-5-3-10(4-6-11)16-15(19)14-12-9-20-8-7-13(12)17-18-14/h3-6H,2,7-9H2,1H3,(H,16,19)(H,17,18). The number of hydrogen-bond acceptors (Lipinski definition) is 4. The largest absolute Gasteiger partial charge is 0.494 e. The van der Waals surface area contributed by atoms with Gasteiger partial charge in [0.2, 0.25) is 0 Å². The molecule has 1 aliphatic heterocycles. The van der Waals surface area contributed by atoms with E-state index in [2.05, 4.69) is 15.5 Å². The number of benzene rings is 1. The maximum atomic E-state index is 12.3. The van der Waals surface area contributed by atoms with Gasteiger partial charge in [-0.25, -0.2) is 0 Å². The number of fused-ring (bicyclic) bond motifs is 1. The van der Waals surface area contributed by atoms with E-state index >= 15 is 0 Å². The first-order valence-corrected chi connectivity index (χ1v) is 6.96. The van der Waals surface area contributed by atoms with Gasteiger partial charge in [0.15, 0.2) is 5.69 Å². The Hall–Kier alpha value is -2.34. The summed E-state index contributed by atoms with van der Waals surface area (Å²) >= 11 is 0. The van der Waals surface area contributed by atoms with Crippen molar-refractivity contribution >= 4 is 11.6 Å². The van der Waals surface area contributed by atoms with Crippen molar-refractivity contribution < 1.29 is 14.3 Å². The van der Waals surface area contributed by atoms with Gasteiger partial charge < -0.3 is 14.8 Å². The Morgan fingerprint density at radius 1 is 1.43 bits per heavy atom. The number of nitrogens with zero attached hydrogens (tertiary/aromatic N) is 1. The highest BCUT2D eigenvalue weighted by atomic mass is 16.5. The zero-order chi connectivity index (χ0) is 14.7. The second-order valence-corrected chi connectivity index (χ2v) is 4.74. The molecule has 0 fully saturated rings. The molecule has 1 aromatic heterocycles. The highest BCUT2D eigenvalue weighted by Gasteiger charge is 2.22. The predicted octanol–water partition coefficient (Wildman–Crippen LogP) is 2.13. The maximum absolute atomic E-state index is 12.3. The number of rotatable bonds is 4. The molecular weight excluding hydrogens is 270 g/mol. The van der Waals surface area contributed by atoms with Gasteiger partial charge in [-0.3, -0.25) is 9.89 Å². The van der Waals surface area contributed by atoms with E-state index < -0.39 is 0 Å². The number of amides is 1. The molecule has 2 N–H and O–H groups in total. The molecule has 2 heterocycles. The van der Waals surface area contributed by atoms with Crippen molar-refractivity contribution in [1.82, 2.24) is 10.2 Å². The van der Waals surface area contributed by atoms with Gasteiger partial charge in [0.1, 0.15) is 5.75 Å². The van der Waals surface area contributed by atoms with E-state index in [0.717, 1.165) is 23.4 Å². The number of hydrogen-bond donors (Lipinski definition) is 2. The van der Waals surface area contributed by atoms with Crippen molar-refractivity contribution in [2.45, 2.75) is 20.0 Å². The summed E-state index contributed by atoms with van der Waals surface area (Å²) in [5, 5.41) is 9.84. The smallest absolute Gasteiger partial charge is 0.276 e. The third-order valence-electron chi connectivity index (χ3n) is 3.33. The zero-order valence-corrected chi connectivity index (χ0v) is 11.8. The minimum absolute atomic E-state index is 0.234. The third kappa shape index (κ3) is 2.90. The molecule has 0 radical (unpaired) electrons. The van der Waals surface area contributed by atoms with Crippen molar-refractivity contribution in [2.75, 3.05) is 18.5 Å². The molecule has 3 rings (SSSR count). The van der Waals surface area contributed by atoms with E-state index in [4.69, 9.17) is 9.47 Å². The third-order valence-corrected chi connectivity index (χ3v) is 3.33. The molecule has 0 bridgehead atoms. The SMILES string of the molecule is CCOc1ccc(NC(=O)c2n[nH]c3c2COCC3)cc1. The van der Waals surface area contributed by atoms with Crippen LogP contribution >= 0.6 is 0 Å². The average molecular weight is 287 g/mol. The molecule has 0 saturated heterocycles. The van der Waals surface area contributed by atoms with Crippen LogP contribution in [-0.2, 0) is 17.8 Å². The van der Waals surface area contributed by atoms with E-state index in [-0.39, 0.29) is 5.91 Å². The average Bonchev–Trinajstić information content (AvgIpc) is 2.93. The highest BCUT2D eigenvalue weighted by molar-refractivity contribution is 6.04. The Balaban J connectivity index is 1.72. The van der Waals surface area contributed by atoms with E-state index in [9.17, 15) is 4.79 Å². The Morgan fingerprint density at radius 3 is 3.00 bits per heavy atom. The Kier molecular flexibility index (Phi) is 3.87. The summed E-state index contributed by atoms with van der Waals surface area (Å²) in [5.41, 5.74) is 2.94. The summed E-state index contributed by atoms with van der Waals surface area (Å²) < 4.78 is 10.7. The summed E-state index contributed by atoms with van der Waals surface area (Å²) in [6, 6.07) is 7.25. The number of nitrogens with one attached hydrogen (secondary N) is 2. The second-order valence-electron chi connectivity index (χ2n) is 4.74. The van der Waals surface area contributed by atoms with Crippen LogP contribution in [0, 0.1) is 0 Å². The molecule has 110 valence electrons. The molecule has 21 heavy (non-hydrogen) atoms. The number of aromatic amines is 1. The van der Waals surface area contributed by atoms with Crippen LogP contribution in [0.2, 0.25) is 0 Å². The molecule has 2 aromatic rings. The Labute approximate surface area is 122 Å². The van der Waals surface area contributed by atoms with Gasteiger partial charge in [-0.2, -0.15) is 5.10 Å². The molecular formula is C15H17N3O3. The summed E-state index contributed by atoms with van der Waals surface area (Å²) in [6.45, 7) is 3.64. The monoisotopic (exact) mass is 287 g/mol. The molecule has 0 spiro atoms. The number of H-pyrrole nitrogens is 1. The molecule has 0 atom stereocenters. The number of carbonyl (C=O) groups is 1. The summed E-state index contributed by atoms with van der Waals surface area (Å²) in [7, 11) is 0. The number of carbonyl (C=O) groups excluding carboxylic acids is 1. The highest BCUT2D eigenvalue weighted by Crippen LogP contribution is 2.20. The molecule has 1 aliphatic rings.